The maximum atomic E-state index is 14.7. The molecule has 0 aliphatic carbocycles. The fourth-order valence-corrected chi connectivity index (χ4v) is 4.99. The summed E-state index contributed by atoms with van der Waals surface area (Å²) >= 11 is 1.31. The van der Waals surface area contributed by atoms with Crippen LogP contribution in [0.2, 0.25) is 0 Å². The summed E-state index contributed by atoms with van der Waals surface area (Å²) < 4.78 is 22.0. The molecular formula is C26H27FN6O2S. The van der Waals surface area contributed by atoms with E-state index in [-0.39, 0.29) is 17.4 Å². The summed E-state index contributed by atoms with van der Waals surface area (Å²) in [5.41, 5.74) is 1.41. The zero-order chi connectivity index (χ0) is 24.7. The largest absolute Gasteiger partial charge is 0.447 e. The summed E-state index contributed by atoms with van der Waals surface area (Å²) in [7, 11) is 0. The van der Waals surface area contributed by atoms with Crippen LogP contribution in [0.5, 0.6) is 0 Å². The Morgan fingerprint density at radius 1 is 1.03 bits per heavy atom. The van der Waals surface area contributed by atoms with Gasteiger partial charge in [-0.15, -0.1) is 10.2 Å². The lowest BCUT2D eigenvalue weighted by Crippen LogP contribution is -2.37. The Balaban J connectivity index is 1.26. The van der Waals surface area contributed by atoms with Gasteiger partial charge in [0.05, 0.1) is 11.4 Å². The summed E-state index contributed by atoms with van der Waals surface area (Å²) in [5, 5.41) is 12.0. The summed E-state index contributed by atoms with van der Waals surface area (Å²) in [5.74, 6) is 0.585. The number of carbonyl (C=O) groups excluding carboxylic acids is 1. The number of hydrogen-bond donors (Lipinski definition) is 1. The Morgan fingerprint density at radius 2 is 1.81 bits per heavy atom. The van der Waals surface area contributed by atoms with Crippen molar-refractivity contribution in [3.8, 4) is 17.1 Å². The molecule has 3 heterocycles. The molecule has 2 aromatic carbocycles. The fourth-order valence-electron chi connectivity index (χ4n) is 4.20. The highest BCUT2D eigenvalue weighted by Crippen LogP contribution is 2.30. The van der Waals surface area contributed by atoms with Crippen molar-refractivity contribution in [2.45, 2.75) is 30.2 Å². The van der Waals surface area contributed by atoms with Crippen LogP contribution in [0.1, 0.15) is 35.6 Å². The van der Waals surface area contributed by atoms with E-state index < -0.39 is 0 Å². The molecule has 0 radical (unpaired) electrons. The third-order valence-electron chi connectivity index (χ3n) is 6.03. The third-order valence-corrected chi connectivity index (χ3v) is 6.94. The van der Waals surface area contributed by atoms with Crippen LogP contribution in [0, 0.1) is 5.82 Å². The monoisotopic (exact) mass is 506 g/mol. The zero-order valence-electron chi connectivity index (χ0n) is 19.8. The molecule has 1 amide bonds. The number of rotatable bonds is 9. The number of benzene rings is 2. The molecule has 5 rings (SSSR count). The van der Waals surface area contributed by atoms with Crippen LogP contribution in [-0.4, -0.2) is 56.7 Å². The molecule has 10 heteroatoms. The van der Waals surface area contributed by atoms with Gasteiger partial charge in [0.25, 0.3) is 5.91 Å². The van der Waals surface area contributed by atoms with Crippen molar-refractivity contribution in [1.82, 2.24) is 30.0 Å². The fraction of sp³-hybridized carbons (Fsp3) is 0.308. The lowest BCUT2D eigenvalue weighted by molar-refractivity contribution is 0.0941. The van der Waals surface area contributed by atoms with Gasteiger partial charge in [0.2, 0.25) is 5.89 Å². The molecule has 0 unspecified atom stereocenters. The summed E-state index contributed by atoms with van der Waals surface area (Å²) in [4.78, 5) is 19.2. The SMILES string of the molecule is O=C(NCCN1CCCCC1)c1coc(CSc2nnc(-c3ccccc3)n2-c2ccccc2F)n1. The highest BCUT2D eigenvalue weighted by atomic mass is 32.2. The zero-order valence-corrected chi connectivity index (χ0v) is 20.6. The second-order valence-corrected chi connectivity index (χ2v) is 9.47. The van der Waals surface area contributed by atoms with Crippen molar-refractivity contribution < 1.29 is 13.6 Å². The van der Waals surface area contributed by atoms with Gasteiger partial charge >= 0.3 is 0 Å². The minimum Gasteiger partial charge on any atom is -0.447 e. The number of thioether (sulfide) groups is 1. The maximum absolute atomic E-state index is 14.7. The number of amides is 1. The highest BCUT2D eigenvalue weighted by Gasteiger charge is 2.20. The van der Waals surface area contributed by atoms with Crippen molar-refractivity contribution in [2.75, 3.05) is 26.2 Å². The van der Waals surface area contributed by atoms with E-state index >= 15 is 0 Å². The van der Waals surface area contributed by atoms with Crippen LogP contribution in [-0.2, 0) is 5.75 Å². The lowest BCUT2D eigenvalue weighted by Gasteiger charge is -2.26. The number of nitrogens with one attached hydrogen (secondary N) is 1. The summed E-state index contributed by atoms with van der Waals surface area (Å²) in [6, 6.07) is 16.0. The predicted molar refractivity (Wildman–Crippen MR) is 135 cm³/mol. The maximum Gasteiger partial charge on any atom is 0.273 e. The van der Waals surface area contributed by atoms with Crippen LogP contribution in [0.25, 0.3) is 17.1 Å². The molecular weight excluding hydrogens is 479 g/mol. The molecule has 1 fully saturated rings. The van der Waals surface area contributed by atoms with Crippen LogP contribution in [0.3, 0.4) is 0 Å². The quantitative estimate of drug-likeness (QED) is 0.333. The molecule has 0 spiro atoms. The van der Waals surface area contributed by atoms with Crippen LogP contribution in [0.15, 0.2) is 70.4 Å². The molecule has 0 atom stereocenters. The number of hydrogen-bond acceptors (Lipinski definition) is 7. The Morgan fingerprint density at radius 3 is 2.61 bits per heavy atom. The molecule has 2 aromatic heterocycles. The number of piperidine rings is 1. The minimum absolute atomic E-state index is 0.241. The van der Waals surface area contributed by atoms with Crippen molar-refractivity contribution in [3.05, 3.63) is 78.3 Å². The number of halogens is 1. The predicted octanol–water partition coefficient (Wildman–Crippen LogP) is 4.57. The van der Waals surface area contributed by atoms with Gasteiger partial charge in [-0.3, -0.25) is 9.36 Å². The first-order chi connectivity index (χ1) is 17.7. The molecule has 1 aliphatic heterocycles. The molecule has 8 nitrogen and oxygen atoms in total. The van der Waals surface area contributed by atoms with E-state index in [9.17, 15) is 9.18 Å². The van der Waals surface area contributed by atoms with Gasteiger partial charge in [-0.05, 0) is 38.1 Å². The second kappa shape index (κ2) is 11.5. The number of aromatic nitrogens is 4. The van der Waals surface area contributed by atoms with Crippen molar-refractivity contribution in [2.24, 2.45) is 0 Å². The molecule has 0 bridgehead atoms. The van der Waals surface area contributed by atoms with Crippen LogP contribution < -0.4 is 5.32 Å². The summed E-state index contributed by atoms with van der Waals surface area (Å²) in [6.07, 6.45) is 5.08. The standard InChI is InChI=1S/C26H27FN6O2S/c27-20-11-5-6-12-22(20)33-24(19-9-3-1-4-10-19)30-31-26(33)36-18-23-29-21(17-35-23)25(34)28-13-16-32-14-7-2-8-15-32/h1,3-6,9-12,17H,2,7-8,13-16,18H2,(H,28,34). The molecule has 1 saturated heterocycles. The number of carbonyl (C=O) groups is 1. The number of nitrogens with zero attached hydrogens (tertiary/aromatic N) is 5. The molecule has 0 saturated carbocycles. The average Bonchev–Trinajstić information content (AvgIpc) is 3.56. The molecule has 186 valence electrons. The smallest absolute Gasteiger partial charge is 0.273 e. The van der Waals surface area contributed by atoms with Gasteiger partial charge in [-0.25, -0.2) is 9.37 Å². The first-order valence-electron chi connectivity index (χ1n) is 12.0. The average molecular weight is 507 g/mol. The van der Waals surface area contributed by atoms with Gasteiger partial charge in [0.1, 0.15) is 12.1 Å². The van der Waals surface area contributed by atoms with Gasteiger partial charge in [0, 0.05) is 18.7 Å². The number of para-hydroxylation sites is 1. The van der Waals surface area contributed by atoms with E-state index in [1.807, 2.05) is 30.3 Å². The Bertz CT molecular complexity index is 1300. The number of likely N-dealkylation sites (tertiary alicyclic amines) is 1. The Hall–Kier alpha value is -3.50. The van der Waals surface area contributed by atoms with E-state index in [2.05, 4.69) is 25.4 Å². The first-order valence-corrected chi connectivity index (χ1v) is 13.0. The number of oxazole rings is 1. The van der Waals surface area contributed by atoms with E-state index in [1.165, 1.54) is 43.4 Å². The Labute approximate surface area is 212 Å². The first kappa shape index (κ1) is 24.2. The molecule has 1 aliphatic rings. The minimum atomic E-state index is -0.379. The lowest BCUT2D eigenvalue weighted by atomic mass is 10.1. The normalized spacial score (nSPS) is 14.1. The van der Waals surface area contributed by atoms with Gasteiger partial charge < -0.3 is 14.6 Å². The molecule has 36 heavy (non-hydrogen) atoms. The highest BCUT2D eigenvalue weighted by molar-refractivity contribution is 7.98. The third kappa shape index (κ3) is 5.66. The van der Waals surface area contributed by atoms with Gasteiger partial charge in [0.15, 0.2) is 16.7 Å². The van der Waals surface area contributed by atoms with Gasteiger partial charge in [-0.2, -0.15) is 0 Å². The van der Waals surface area contributed by atoms with Crippen molar-refractivity contribution >= 4 is 17.7 Å². The molecule has 1 N–H and O–H groups in total. The van der Waals surface area contributed by atoms with Gasteiger partial charge in [-0.1, -0.05) is 60.6 Å². The van der Waals surface area contributed by atoms with Crippen molar-refractivity contribution in [1.29, 1.82) is 0 Å². The van der Waals surface area contributed by atoms with Crippen LogP contribution >= 0.6 is 11.8 Å². The van der Waals surface area contributed by atoms with Crippen molar-refractivity contribution in [3.63, 3.8) is 0 Å². The summed E-state index contributed by atoms with van der Waals surface area (Å²) in [6.45, 7) is 3.58. The second-order valence-electron chi connectivity index (χ2n) is 8.53. The topological polar surface area (TPSA) is 89.1 Å². The Kier molecular flexibility index (Phi) is 7.73. The van der Waals surface area contributed by atoms with Crippen LogP contribution in [0.4, 0.5) is 4.39 Å². The van der Waals surface area contributed by atoms with E-state index in [0.717, 1.165) is 25.2 Å². The molecule has 4 aromatic rings. The van der Waals surface area contributed by atoms with E-state index in [0.29, 0.717) is 34.9 Å². The van der Waals surface area contributed by atoms with E-state index in [4.69, 9.17) is 4.42 Å². The van der Waals surface area contributed by atoms with E-state index in [1.54, 1.807) is 22.8 Å².